The maximum absolute atomic E-state index is 3.73. The van der Waals surface area contributed by atoms with Gasteiger partial charge in [-0.2, -0.15) is 11.3 Å². The van der Waals surface area contributed by atoms with Gasteiger partial charge in [0.1, 0.15) is 0 Å². The van der Waals surface area contributed by atoms with Crippen molar-refractivity contribution in [2.75, 3.05) is 13.1 Å². The minimum atomic E-state index is 0.256. The average Bonchev–Trinajstić information content (AvgIpc) is 2.83. The maximum atomic E-state index is 3.73. The Hall–Kier alpha value is -0.380. The number of nitrogens with one attached hydrogen (secondary N) is 1. The second-order valence-corrected chi connectivity index (χ2v) is 6.98. The Morgan fingerprint density at radius 3 is 2.94 bits per heavy atom. The van der Waals surface area contributed by atoms with Crippen LogP contribution in [0.4, 0.5) is 0 Å². The summed E-state index contributed by atoms with van der Waals surface area (Å²) in [6.45, 7) is 12.7. The van der Waals surface area contributed by atoms with Gasteiger partial charge in [-0.1, -0.05) is 20.3 Å². The predicted octanol–water partition coefficient (Wildman–Crippen LogP) is 3.35. The van der Waals surface area contributed by atoms with E-state index in [4.69, 9.17) is 0 Å². The van der Waals surface area contributed by atoms with E-state index >= 15 is 0 Å². The molecule has 1 aliphatic rings. The molecule has 1 N–H and O–H groups in total. The molecule has 102 valence electrons. The van der Waals surface area contributed by atoms with E-state index in [2.05, 4.69) is 54.7 Å². The molecule has 0 aromatic carbocycles. The highest BCUT2D eigenvalue weighted by molar-refractivity contribution is 7.07. The molecule has 0 saturated carbocycles. The Bertz CT molecular complexity index is 359. The number of hydrogen-bond acceptors (Lipinski definition) is 3. The maximum Gasteiger partial charge on any atom is 0.0281 e. The lowest BCUT2D eigenvalue weighted by atomic mass is 9.90. The Morgan fingerprint density at radius 2 is 2.33 bits per heavy atom. The normalized spacial score (nSPS) is 26.1. The molecule has 0 bridgehead atoms. The highest BCUT2D eigenvalue weighted by Crippen LogP contribution is 2.25. The summed E-state index contributed by atoms with van der Waals surface area (Å²) in [6.07, 6.45) is 1.25. The lowest BCUT2D eigenvalue weighted by Crippen LogP contribution is -2.62. The first-order valence-electron chi connectivity index (χ1n) is 7.02. The molecule has 1 saturated heterocycles. The molecule has 2 atom stereocenters. The number of nitrogens with zero attached hydrogens (tertiary/aromatic N) is 1. The number of piperazine rings is 1. The van der Waals surface area contributed by atoms with Crippen molar-refractivity contribution in [3.8, 4) is 0 Å². The fourth-order valence-corrected chi connectivity index (χ4v) is 3.25. The van der Waals surface area contributed by atoms with Crippen LogP contribution < -0.4 is 5.32 Å². The van der Waals surface area contributed by atoms with Crippen LogP contribution >= 0.6 is 11.3 Å². The Morgan fingerprint density at radius 1 is 1.56 bits per heavy atom. The van der Waals surface area contributed by atoms with Crippen molar-refractivity contribution in [1.82, 2.24) is 10.2 Å². The first kappa shape index (κ1) is 14.0. The van der Waals surface area contributed by atoms with Crippen LogP contribution in [0, 0.1) is 5.92 Å². The number of thiophene rings is 1. The molecule has 0 spiro atoms. The Balaban J connectivity index is 2.04. The third kappa shape index (κ3) is 3.14. The van der Waals surface area contributed by atoms with Crippen molar-refractivity contribution in [2.45, 2.75) is 52.2 Å². The van der Waals surface area contributed by atoms with Crippen LogP contribution in [-0.4, -0.2) is 29.6 Å². The van der Waals surface area contributed by atoms with Crippen molar-refractivity contribution < 1.29 is 0 Å². The van der Waals surface area contributed by atoms with Crippen LogP contribution in [0.15, 0.2) is 16.8 Å². The van der Waals surface area contributed by atoms with Crippen LogP contribution in [0.25, 0.3) is 0 Å². The zero-order chi connectivity index (χ0) is 13.2. The first-order chi connectivity index (χ1) is 8.53. The van der Waals surface area contributed by atoms with Crippen LogP contribution in [0.3, 0.4) is 0 Å². The molecule has 0 aliphatic carbocycles. The van der Waals surface area contributed by atoms with E-state index in [1.165, 1.54) is 12.0 Å². The van der Waals surface area contributed by atoms with E-state index in [9.17, 15) is 0 Å². The zero-order valence-electron chi connectivity index (χ0n) is 12.1. The predicted molar refractivity (Wildman–Crippen MR) is 80.1 cm³/mol. The summed E-state index contributed by atoms with van der Waals surface area (Å²) in [7, 11) is 0. The van der Waals surface area contributed by atoms with E-state index in [1.54, 1.807) is 11.3 Å². The molecule has 0 amide bonds. The molecule has 18 heavy (non-hydrogen) atoms. The third-order valence-corrected chi connectivity index (χ3v) is 5.09. The van der Waals surface area contributed by atoms with Gasteiger partial charge in [0.05, 0.1) is 0 Å². The smallest absolute Gasteiger partial charge is 0.0281 e. The van der Waals surface area contributed by atoms with Gasteiger partial charge in [-0.3, -0.25) is 4.90 Å². The van der Waals surface area contributed by atoms with Gasteiger partial charge in [-0.05, 0) is 42.2 Å². The van der Waals surface area contributed by atoms with Crippen LogP contribution in [0.2, 0.25) is 0 Å². The summed E-state index contributed by atoms with van der Waals surface area (Å²) < 4.78 is 0. The first-order valence-corrected chi connectivity index (χ1v) is 7.96. The van der Waals surface area contributed by atoms with Gasteiger partial charge in [0, 0.05) is 31.2 Å². The van der Waals surface area contributed by atoms with E-state index in [-0.39, 0.29) is 5.54 Å². The SMILES string of the molecule is CCC(C)C1CN(Cc2ccsc2)C(C)(C)CN1. The number of rotatable bonds is 4. The van der Waals surface area contributed by atoms with Crippen molar-refractivity contribution in [3.05, 3.63) is 22.4 Å². The van der Waals surface area contributed by atoms with E-state index in [1.807, 2.05) is 0 Å². The van der Waals surface area contributed by atoms with Gasteiger partial charge in [0.2, 0.25) is 0 Å². The lowest BCUT2D eigenvalue weighted by Gasteiger charge is -2.47. The molecule has 1 aliphatic heterocycles. The van der Waals surface area contributed by atoms with Gasteiger partial charge in [0.25, 0.3) is 0 Å². The van der Waals surface area contributed by atoms with Gasteiger partial charge in [0.15, 0.2) is 0 Å². The fraction of sp³-hybridized carbons (Fsp3) is 0.733. The summed E-state index contributed by atoms with van der Waals surface area (Å²) in [6, 6.07) is 2.89. The van der Waals surface area contributed by atoms with E-state index in [0.717, 1.165) is 25.6 Å². The van der Waals surface area contributed by atoms with Crippen molar-refractivity contribution >= 4 is 11.3 Å². The lowest BCUT2D eigenvalue weighted by molar-refractivity contribution is 0.0450. The van der Waals surface area contributed by atoms with Crippen molar-refractivity contribution in [3.63, 3.8) is 0 Å². The molecule has 2 heterocycles. The molecular formula is C15H26N2S. The van der Waals surface area contributed by atoms with Gasteiger partial charge < -0.3 is 5.32 Å². The molecule has 2 nitrogen and oxygen atoms in total. The average molecular weight is 266 g/mol. The van der Waals surface area contributed by atoms with E-state index < -0.39 is 0 Å². The van der Waals surface area contributed by atoms with Gasteiger partial charge in [-0.25, -0.2) is 0 Å². The van der Waals surface area contributed by atoms with Gasteiger partial charge >= 0.3 is 0 Å². The van der Waals surface area contributed by atoms with Crippen LogP contribution in [0.1, 0.15) is 39.7 Å². The van der Waals surface area contributed by atoms with Crippen LogP contribution in [0.5, 0.6) is 0 Å². The second kappa shape index (κ2) is 5.72. The number of hydrogen-bond donors (Lipinski definition) is 1. The minimum Gasteiger partial charge on any atom is -0.311 e. The molecular weight excluding hydrogens is 240 g/mol. The molecule has 2 rings (SSSR count). The topological polar surface area (TPSA) is 15.3 Å². The highest BCUT2D eigenvalue weighted by Gasteiger charge is 2.35. The summed E-state index contributed by atoms with van der Waals surface area (Å²) in [5.74, 6) is 0.756. The molecule has 2 unspecified atom stereocenters. The van der Waals surface area contributed by atoms with Gasteiger partial charge in [-0.15, -0.1) is 0 Å². The summed E-state index contributed by atoms with van der Waals surface area (Å²) in [4.78, 5) is 2.64. The Labute approximate surface area is 115 Å². The standard InChI is InChI=1S/C15H26N2S/c1-5-12(2)14-9-17(15(3,4)11-16-14)8-13-6-7-18-10-13/h6-7,10,12,14,16H,5,8-9,11H2,1-4H3. The molecule has 1 aromatic heterocycles. The zero-order valence-corrected chi connectivity index (χ0v) is 12.9. The summed E-state index contributed by atoms with van der Waals surface area (Å²) >= 11 is 1.80. The highest BCUT2D eigenvalue weighted by atomic mass is 32.1. The van der Waals surface area contributed by atoms with Crippen molar-refractivity contribution in [1.29, 1.82) is 0 Å². The minimum absolute atomic E-state index is 0.256. The third-order valence-electron chi connectivity index (χ3n) is 4.35. The Kier molecular flexibility index (Phi) is 4.46. The van der Waals surface area contributed by atoms with Crippen LogP contribution in [-0.2, 0) is 6.54 Å². The molecule has 0 radical (unpaired) electrons. The molecule has 1 fully saturated rings. The van der Waals surface area contributed by atoms with Crippen molar-refractivity contribution in [2.24, 2.45) is 5.92 Å². The summed E-state index contributed by atoms with van der Waals surface area (Å²) in [5.41, 5.74) is 1.71. The second-order valence-electron chi connectivity index (χ2n) is 6.20. The largest absolute Gasteiger partial charge is 0.311 e. The quantitative estimate of drug-likeness (QED) is 0.899. The monoisotopic (exact) mass is 266 g/mol. The summed E-state index contributed by atoms with van der Waals surface area (Å²) in [5, 5.41) is 8.18. The van der Waals surface area contributed by atoms with E-state index in [0.29, 0.717) is 6.04 Å². The fourth-order valence-electron chi connectivity index (χ4n) is 2.59. The molecule has 1 aromatic rings. The molecule has 3 heteroatoms.